The molecule has 1 atom stereocenters. The van der Waals surface area contributed by atoms with Gasteiger partial charge in [-0.05, 0) is 62.1 Å². The van der Waals surface area contributed by atoms with Gasteiger partial charge in [-0.25, -0.2) is 17.5 Å². The van der Waals surface area contributed by atoms with E-state index in [4.69, 9.17) is 0 Å². The lowest BCUT2D eigenvalue weighted by Crippen LogP contribution is -2.29. The Morgan fingerprint density at radius 3 is 2.30 bits per heavy atom. The molecular formula is C18H22FNO2S. The second-order valence-electron chi connectivity index (χ2n) is 5.85. The van der Waals surface area contributed by atoms with Crippen LogP contribution in [0.3, 0.4) is 0 Å². The van der Waals surface area contributed by atoms with Crippen molar-refractivity contribution < 1.29 is 12.8 Å². The molecule has 2 rings (SSSR count). The van der Waals surface area contributed by atoms with Gasteiger partial charge in [0.25, 0.3) is 0 Å². The first-order valence-corrected chi connectivity index (χ1v) is 9.08. The van der Waals surface area contributed by atoms with E-state index >= 15 is 0 Å². The molecular weight excluding hydrogens is 313 g/mol. The molecule has 0 radical (unpaired) electrons. The van der Waals surface area contributed by atoms with E-state index in [1.807, 2.05) is 39.0 Å². The van der Waals surface area contributed by atoms with Gasteiger partial charge in [-0.1, -0.05) is 30.7 Å². The molecule has 3 nitrogen and oxygen atoms in total. The average molecular weight is 335 g/mol. The molecule has 1 N–H and O–H groups in total. The maximum atomic E-state index is 13.4. The second kappa shape index (κ2) is 6.81. The number of aryl methyl sites for hydroxylation is 3. The molecule has 0 aliphatic carbocycles. The minimum Gasteiger partial charge on any atom is -0.207 e. The zero-order chi connectivity index (χ0) is 17.2. The fraction of sp³-hybridized carbons (Fsp3) is 0.333. The summed E-state index contributed by atoms with van der Waals surface area (Å²) >= 11 is 0. The van der Waals surface area contributed by atoms with Crippen LogP contribution >= 0.6 is 0 Å². The van der Waals surface area contributed by atoms with Gasteiger partial charge in [0.15, 0.2) is 0 Å². The van der Waals surface area contributed by atoms with Crippen molar-refractivity contribution in [2.45, 2.75) is 45.1 Å². The molecule has 2 aromatic rings. The Labute approximate surface area is 137 Å². The molecule has 1 unspecified atom stereocenters. The summed E-state index contributed by atoms with van der Waals surface area (Å²) in [6.45, 7) is 7.46. The van der Waals surface area contributed by atoms with Crippen LogP contribution in [0.4, 0.5) is 4.39 Å². The minimum atomic E-state index is -3.70. The molecule has 0 aliphatic heterocycles. The third-order valence-corrected chi connectivity index (χ3v) is 5.42. The van der Waals surface area contributed by atoms with E-state index in [0.717, 1.165) is 16.7 Å². The summed E-state index contributed by atoms with van der Waals surface area (Å²) in [6.07, 6.45) is 0.628. The van der Waals surface area contributed by atoms with Gasteiger partial charge >= 0.3 is 0 Å². The van der Waals surface area contributed by atoms with Crippen LogP contribution < -0.4 is 4.72 Å². The Kier molecular flexibility index (Phi) is 5.22. The molecule has 23 heavy (non-hydrogen) atoms. The van der Waals surface area contributed by atoms with Gasteiger partial charge < -0.3 is 0 Å². The predicted molar refractivity (Wildman–Crippen MR) is 90.4 cm³/mol. The summed E-state index contributed by atoms with van der Waals surface area (Å²) in [5.74, 6) is -0.412. The lowest BCUT2D eigenvalue weighted by atomic mass is 9.98. The van der Waals surface area contributed by atoms with Crippen molar-refractivity contribution >= 4 is 10.0 Å². The molecule has 0 saturated heterocycles. The third-order valence-electron chi connectivity index (χ3n) is 3.95. The lowest BCUT2D eigenvalue weighted by Gasteiger charge is -2.20. The van der Waals surface area contributed by atoms with Gasteiger partial charge in [-0.2, -0.15) is 0 Å². The van der Waals surface area contributed by atoms with Gasteiger partial charge in [0.1, 0.15) is 5.82 Å². The molecule has 0 amide bonds. The number of nitrogens with one attached hydrogen (secondary N) is 1. The average Bonchev–Trinajstić information content (AvgIpc) is 2.48. The number of benzene rings is 2. The molecule has 5 heteroatoms. The maximum absolute atomic E-state index is 13.4. The fourth-order valence-corrected chi connectivity index (χ4v) is 4.01. The third kappa shape index (κ3) is 3.98. The van der Waals surface area contributed by atoms with E-state index in [1.54, 1.807) is 6.92 Å². The monoisotopic (exact) mass is 335 g/mol. The Morgan fingerprint density at radius 1 is 1.04 bits per heavy atom. The molecule has 0 heterocycles. The van der Waals surface area contributed by atoms with Crippen molar-refractivity contribution in [1.82, 2.24) is 4.72 Å². The van der Waals surface area contributed by atoms with Crippen LogP contribution in [0.5, 0.6) is 0 Å². The van der Waals surface area contributed by atoms with Crippen LogP contribution in [0, 0.1) is 26.6 Å². The van der Waals surface area contributed by atoms with Crippen molar-refractivity contribution in [1.29, 1.82) is 0 Å². The highest BCUT2D eigenvalue weighted by Gasteiger charge is 2.22. The summed E-state index contributed by atoms with van der Waals surface area (Å²) < 4.78 is 41.3. The van der Waals surface area contributed by atoms with E-state index in [2.05, 4.69) is 4.72 Å². The van der Waals surface area contributed by atoms with E-state index in [0.29, 0.717) is 12.0 Å². The van der Waals surface area contributed by atoms with E-state index < -0.39 is 15.8 Å². The Bertz CT molecular complexity index is 816. The van der Waals surface area contributed by atoms with Gasteiger partial charge in [0.2, 0.25) is 10.0 Å². The van der Waals surface area contributed by atoms with Crippen molar-refractivity contribution in [2.24, 2.45) is 0 Å². The first-order chi connectivity index (χ1) is 10.7. The normalized spacial score (nSPS) is 13.1. The van der Waals surface area contributed by atoms with E-state index in [1.165, 1.54) is 18.2 Å². The largest absolute Gasteiger partial charge is 0.241 e. The van der Waals surface area contributed by atoms with Crippen LogP contribution in [0.2, 0.25) is 0 Å². The zero-order valence-corrected chi connectivity index (χ0v) is 14.7. The van der Waals surface area contributed by atoms with Crippen LogP contribution in [0.25, 0.3) is 0 Å². The van der Waals surface area contributed by atoms with Gasteiger partial charge in [-0.3, -0.25) is 0 Å². The first-order valence-electron chi connectivity index (χ1n) is 7.60. The molecule has 0 saturated carbocycles. The highest BCUT2D eigenvalue weighted by atomic mass is 32.2. The Balaban J connectivity index is 2.35. The number of rotatable bonds is 5. The quantitative estimate of drug-likeness (QED) is 0.891. The van der Waals surface area contributed by atoms with Crippen molar-refractivity contribution in [3.8, 4) is 0 Å². The summed E-state index contributed by atoms with van der Waals surface area (Å²) in [6, 6.07) is 9.48. The Morgan fingerprint density at radius 2 is 1.74 bits per heavy atom. The molecule has 2 aromatic carbocycles. The molecule has 124 valence electrons. The summed E-state index contributed by atoms with van der Waals surface area (Å²) in [5, 5.41) is 0. The number of halogens is 1. The molecule has 0 spiro atoms. The SMILES string of the molecule is CCC(NS(=O)(=O)c1ccc(F)c(C)c1)c1ccc(C)cc1C. The standard InChI is InChI=1S/C18H22FNO2S/c1-5-18(16-8-6-12(2)10-13(16)3)20-23(21,22)15-7-9-17(19)14(4)11-15/h6-11,18,20H,5H2,1-4H3. The van der Waals surface area contributed by atoms with Gasteiger partial charge in [-0.15, -0.1) is 0 Å². The number of hydrogen-bond donors (Lipinski definition) is 1. The van der Waals surface area contributed by atoms with Crippen molar-refractivity contribution in [2.75, 3.05) is 0 Å². The minimum absolute atomic E-state index is 0.0830. The molecule has 0 bridgehead atoms. The zero-order valence-electron chi connectivity index (χ0n) is 13.9. The second-order valence-corrected chi connectivity index (χ2v) is 7.57. The van der Waals surface area contributed by atoms with Crippen LogP contribution in [0.1, 0.15) is 41.6 Å². The lowest BCUT2D eigenvalue weighted by molar-refractivity contribution is 0.548. The Hall–Kier alpha value is -1.72. The summed E-state index contributed by atoms with van der Waals surface area (Å²) in [4.78, 5) is 0.0830. The number of sulfonamides is 1. The topological polar surface area (TPSA) is 46.2 Å². The van der Waals surface area contributed by atoms with Gasteiger partial charge in [0, 0.05) is 6.04 Å². The van der Waals surface area contributed by atoms with E-state index in [-0.39, 0.29) is 10.9 Å². The van der Waals surface area contributed by atoms with Crippen LogP contribution in [-0.4, -0.2) is 8.42 Å². The molecule has 0 aromatic heterocycles. The van der Waals surface area contributed by atoms with E-state index in [9.17, 15) is 12.8 Å². The maximum Gasteiger partial charge on any atom is 0.241 e. The summed E-state index contributed by atoms with van der Waals surface area (Å²) in [7, 11) is -3.70. The van der Waals surface area contributed by atoms with Crippen molar-refractivity contribution in [3.63, 3.8) is 0 Å². The molecule has 0 fully saturated rings. The molecule has 0 aliphatic rings. The van der Waals surface area contributed by atoms with Crippen LogP contribution in [0.15, 0.2) is 41.3 Å². The summed E-state index contributed by atoms with van der Waals surface area (Å²) in [5.41, 5.74) is 3.46. The highest BCUT2D eigenvalue weighted by molar-refractivity contribution is 7.89. The highest BCUT2D eigenvalue weighted by Crippen LogP contribution is 2.24. The van der Waals surface area contributed by atoms with Crippen LogP contribution in [-0.2, 0) is 10.0 Å². The number of hydrogen-bond acceptors (Lipinski definition) is 2. The van der Waals surface area contributed by atoms with Gasteiger partial charge in [0.05, 0.1) is 4.90 Å². The smallest absolute Gasteiger partial charge is 0.207 e. The first kappa shape index (κ1) is 17.6. The fourth-order valence-electron chi connectivity index (χ4n) is 2.62. The van der Waals surface area contributed by atoms with Crippen molar-refractivity contribution in [3.05, 3.63) is 64.5 Å². The predicted octanol–water partition coefficient (Wildman–Crippen LogP) is 4.18.